The summed E-state index contributed by atoms with van der Waals surface area (Å²) in [4.78, 5) is 27.3. The summed E-state index contributed by atoms with van der Waals surface area (Å²) in [5, 5.41) is 17.4. The molecule has 0 spiro atoms. The van der Waals surface area contributed by atoms with Gasteiger partial charge in [-0.2, -0.15) is 4.72 Å². The van der Waals surface area contributed by atoms with Gasteiger partial charge in [-0.3, -0.25) is 9.59 Å². The number of likely N-dealkylation sites (tertiary alicyclic amines) is 1. The Labute approximate surface area is 199 Å². The lowest BCUT2D eigenvalue weighted by Gasteiger charge is -2.29. The van der Waals surface area contributed by atoms with Crippen LogP contribution in [0.5, 0.6) is 0 Å². The van der Waals surface area contributed by atoms with Crippen molar-refractivity contribution in [1.29, 1.82) is 0 Å². The Morgan fingerprint density at radius 1 is 1.12 bits per heavy atom. The topological polar surface area (TPSA) is 128 Å². The molecule has 10 heteroatoms. The van der Waals surface area contributed by atoms with Crippen LogP contribution >= 0.6 is 0 Å². The predicted octanol–water partition coefficient (Wildman–Crippen LogP) is 0.586. The molecule has 34 heavy (non-hydrogen) atoms. The van der Waals surface area contributed by atoms with Gasteiger partial charge in [0, 0.05) is 31.1 Å². The van der Waals surface area contributed by atoms with Gasteiger partial charge in [0.2, 0.25) is 21.8 Å². The molecule has 4 N–H and O–H groups in total. The van der Waals surface area contributed by atoms with Crippen molar-refractivity contribution in [3.05, 3.63) is 42.5 Å². The SMILES string of the molecule is O=C(NC[C@@H]1CCCN1C(=O)[C@H](CO)NS(=O)(=O)c1cccc2ccccc12)C1CCCNC1. The molecule has 2 amide bonds. The van der Waals surface area contributed by atoms with Gasteiger partial charge in [-0.15, -0.1) is 0 Å². The molecule has 2 aromatic carbocycles. The van der Waals surface area contributed by atoms with E-state index in [2.05, 4.69) is 15.4 Å². The van der Waals surface area contributed by atoms with Gasteiger partial charge in [-0.25, -0.2) is 8.42 Å². The molecule has 4 rings (SSSR count). The number of hydrogen-bond acceptors (Lipinski definition) is 6. The number of aliphatic hydroxyl groups is 1. The Bertz CT molecular complexity index is 1130. The summed E-state index contributed by atoms with van der Waals surface area (Å²) in [6, 6.07) is 10.5. The van der Waals surface area contributed by atoms with Crippen molar-refractivity contribution in [2.75, 3.05) is 32.8 Å². The second-order valence-corrected chi connectivity index (χ2v) is 10.6. The van der Waals surface area contributed by atoms with Gasteiger partial charge in [0.25, 0.3) is 0 Å². The highest BCUT2D eigenvalue weighted by atomic mass is 32.2. The first kappa shape index (κ1) is 24.6. The maximum Gasteiger partial charge on any atom is 0.243 e. The molecule has 0 bridgehead atoms. The molecule has 2 aromatic rings. The summed E-state index contributed by atoms with van der Waals surface area (Å²) in [6.07, 6.45) is 3.27. The molecule has 0 saturated carbocycles. The molecule has 2 heterocycles. The number of benzene rings is 2. The van der Waals surface area contributed by atoms with E-state index < -0.39 is 28.6 Å². The molecule has 2 fully saturated rings. The molecule has 3 atom stereocenters. The van der Waals surface area contributed by atoms with Gasteiger partial charge in [-0.05, 0) is 43.7 Å². The fourth-order valence-corrected chi connectivity index (χ4v) is 6.23. The Morgan fingerprint density at radius 2 is 1.91 bits per heavy atom. The summed E-state index contributed by atoms with van der Waals surface area (Å²) in [7, 11) is -4.06. The fraction of sp³-hybridized carbons (Fsp3) is 0.500. The highest BCUT2D eigenvalue weighted by molar-refractivity contribution is 7.89. The van der Waals surface area contributed by atoms with E-state index in [0.29, 0.717) is 31.4 Å². The molecule has 0 aliphatic carbocycles. The van der Waals surface area contributed by atoms with Crippen molar-refractivity contribution in [2.24, 2.45) is 5.92 Å². The largest absolute Gasteiger partial charge is 0.394 e. The lowest BCUT2D eigenvalue weighted by Crippen LogP contribution is -2.54. The van der Waals surface area contributed by atoms with Crippen molar-refractivity contribution < 1.29 is 23.1 Å². The summed E-state index contributed by atoms with van der Waals surface area (Å²) in [5.41, 5.74) is 0. The van der Waals surface area contributed by atoms with Crippen molar-refractivity contribution in [3.8, 4) is 0 Å². The van der Waals surface area contributed by atoms with Crippen LogP contribution in [0.4, 0.5) is 0 Å². The first-order valence-corrected chi connectivity index (χ1v) is 13.3. The average molecular weight is 489 g/mol. The quantitative estimate of drug-likeness (QED) is 0.431. The number of nitrogens with one attached hydrogen (secondary N) is 3. The van der Waals surface area contributed by atoms with E-state index in [0.717, 1.165) is 31.2 Å². The Kier molecular flexibility index (Phi) is 7.82. The molecule has 1 unspecified atom stereocenters. The number of sulfonamides is 1. The molecule has 0 radical (unpaired) electrons. The summed E-state index contributed by atoms with van der Waals surface area (Å²) in [6.45, 7) is 1.69. The molecular weight excluding hydrogens is 456 g/mol. The summed E-state index contributed by atoms with van der Waals surface area (Å²) < 4.78 is 28.7. The van der Waals surface area contributed by atoms with Crippen LogP contribution in [-0.2, 0) is 19.6 Å². The zero-order chi connectivity index (χ0) is 24.1. The normalized spacial score (nSPS) is 22.0. The Hall–Kier alpha value is -2.53. The van der Waals surface area contributed by atoms with Crippen molar-refractivity contribution in [2.45, 2.75) is 42.7 Å². The second kappa shape index (κ2) is 10.8. The zero-order valence-electron chi connectivity index (χ0n) is 19.1. The standard InChI is InChI=1S/C24H32N4O5S/c29-16-21(27-34(32,33)22-11-3-7-17-6-1-2-10-20(17)22)24(31)28-13-5-9-19(28)15-26-23(30)18-8-4-12-25-14-18/h1-3,6-7,10-11,18-19,21,25,27,29H,4-5,8-9,12-16H2,(H,26,30)/t18?,19-,21-/m0/s1. The fourth-order valence-electron chi connectivity index (χ4n) is 4.82. The third-order valence-electron chi connectivity index (χ3n) is 6.66. The number of nitrogens with zero attached hydrogens (tertiary/aromatic N) is 1. The third-order valence-corrected chi connectivity index (χ3v) is 8.19. The van der Waals surface area contributed by atoms with Gasteiger partial charge in [-0.1, -0.05) is 36.4 Å². The van der Waals surface area contributed by atoms with Crippen molar-refractivity contribution in [1.82, 2.24) is 20.3 Å². The van der Waals surface area contributed by atoms with Crippen molar-refractivity contribution >= 4 is 32.6 Å². The maximum absolute atomic E-state index is 13.2. The van der Waals surface area contributed by atoms with Gasteiger partial charge in [0.05, 0.1) is 17.4 Å². The van der Waals surface area contributed by atoms with E-state index in [1.165, 1.54) is 6.07 Å². The van der Waals surface area contributed by atoms with Gasteiger partial charge in [0.15, 0.2) is 0 Å². The molecule has 2 aliphatic rings. The molecule has 2 aliphatic heterocycles. The number of amides is 2. The second-order valence-electron chi connectivity index (χ2n) is 8.95. The molecule has 2 saturated heterocycles. The van der Waals surface area contributed by atoms with Crippen LogP contribution in [0.15, 0.2) is 47.4 Å². The van der Waals surface area contributed by atoms with Gasteiger partial charge < -0.3 is 20.6 Å². The number of aliphatic hydroxyl groups excluding tert-OH is 1. The molecule has 0 aromatic heterocycles. The van der Waals surface area contributed by atoms with Crippen molar-refractivity contribution in [3.63, 3.8) is 0 Å². The van der Waals surface area contributed by atoms with E-state index in [4.69, 9.17) is 0 Å². The molecule has 9 nitrogen and oxygen atoms in total. The van der Waals surface area contributed by atoms with E-state index in [9.17, 15) is 23.1 Å². The number of carbonyl (C=O) groups excluding carboxylic acids is 2. The average Bonchev–Trinajstić information content (AvgIpc) is 3.34. The highest BCUT2D eigenvalue weighted by Crippen LogP contribution is 2.24. The Balaban J connectivity index is 1.43. The Morgan fingerprint density at radius 3 is 2.68 bits per heavy atom. The lowest BCUT2D eigenvalue weighted by atomic mass is 9.99. The molecule has 184 valence electrons. The third kappa shape index (κ3) is 5.41. The smallest absolute Gasteiger partial charge is 0.243 e. The van der Waals surface area contributed by atoms with Crippen LogP contribution in [0, 0.1) is 5.92 Å². The monoisotopic (exact) mass is 488 g/mol. The summed E-state index contributed by atoms with van der Waals surface area (Å²) in [5.74, 6) is -0.582. The predicted molar refractivity (Wildman–Crippen MR) is 128 cm³/mol. The van der Waals surface area contributed by atoms with E-state index in [1.807, 2.05) is 18.2 Å². The van der Waals surface area contributed by atoms with Crippen LogP contribution in [0.25, 0.3) is 10.8 Å². The number of hydrogen-bond donors (Lipinski definition) is 4. The zero-order valence-corrected chi connectivity index (χ0v) is 19.9. The number of carbonyl (C=O) groups is 2. The number of fused-ring (bicyclic) bond motifs is 1. The number of piperidine rings is 1. The highest BCUT2D eigenvalue weighted by Gasteiger charge is 2.36. The first-order valence-electron chi connectivity index (χ1n) is 11.8. The van der Waals surface area contributed by atoms with Gasteiger partial charge in [0.1, 0.15) is 6.04 Å². The minimum absolute atomic E-state index is 0.0261. The lowest BCUT2D eigenvalue weighted by molar-refractivity contribution is -0.135. The number of rotatable bonds is 8. The summed E-state index contributed by atoms with van der Waals surface area (Å²) >= 11 is 0. The maximum atomic E-state index is 13.2. The van der Waals surface area contributed by atoms with E-state index in [-0.39, 0.29) is 22.8 Å². The van der Waals surface area contributed by atoms with E-state index in [1.54, 1.807) is 23.1 Å². The van der Waals surface area contributed by atoms with Crippen LogP contribution < -0.4 is 15.4 Å². The minimum Gasteiger partial charge on any atom is -0.394 e. The minimum atomic E-state index is -4.06. The van der Waals surface area contributed by atoms with Crippen LogP contribution in [-0.4, -0.2) is 75.1 Å². The molecular formula is C24H32N4O5S. The van der Waals surface area contributed by atoms with Gasteiger partial charge >= 0.3 is 0 Å². The van der Waals surface area contributed by atoms with Crippen LogP contribution in [0.1, 0.15) is 25.7 Å². The first-order chi connectivity index (χ1) is 16.4. The van der Waals surface area contributed by atoms with Crippen LogP contribution in [0.2, 0.25) is 0 Å². The van der Waals surface area contributed by atoms with Crippen LogP contribution in [0.3, 0.4) is 0 Å². The van der Waals surface area contributed by atoms with E-state index >= 15 is 0 Å².